The molecule has 3 heterocycles. The molecular formula is C24H27ClN6O2. The highest BCUT2D eigenvalue weighted by atomic mass is 35.5. The summed E-state index contributed by atoms with van der Waals surface area (Å²) in [5.74, 6) is 1.24. The first-order chi connectivity index (χ1) is 16.1. The lowest BCUT2D eigenvalue weighted by Gasteiger charge is -2.36. The zero-order chi connectivity index (χ0) is 22.8. The second-order valence-electron chi connectivity index (χ2n) is 8.59. The first-order valence-electron chi connectivity index (χ1n) is 11.2. The van der Waals surface area contributed by atoms with Crippen LogP contribution < -0.4 is 10.9 Å². The van der Waals surface area contributed by atoms with Gasteiger partial charge in [0.1, 0.15) is 0 Å². The maximum atomic E-state index is 13.3. The molecule has 0 bridgehead atoms. The van der Waals surface area contributed by atoms with Crippen molar-refractivity contribution in [3.8, 4) is 11.4 Å². The summed E-state index contributed by atoms with van der Waals surface area (Å²) in [5, 5.41) is 4.84. The minimum atomic E-state index is -0.148. The summed E-state index contributed by atoms with van der Waals surface area (Å²) in [4.78, 5) is 22.1. The highest BCUT2D eigenvalue weighted by Gasteiger charge is 2.37. The average molecular weight is 467 g/mol. The van der Waals surface area contributed by atoms with Crippen LogP contribution in [0.4, 0.5) is 0 Å². The summed E-state index contributed by atoms with van der Waals surface area (Å²) in [5.41, 5.74) is 9.55. The normalized spacial score (nSPS) is 21.5. The van der Waals surface area contributed by atoms with Crippen LogP contribution >= 0.6 is 11.6 Å². The lowest BCUT2D eigenvalue weighted by Crippen LogP contribution is -2.50. The Kier molecular flexibility index (Phi) is 6.41. The molecule has 1 aromatic heterocycles. The summed E-state index contributed by atoms with van der Waals surface area (Å²) in [6.07, 6.45) is 0. The molecule has 8 nitrogen and oxygen atoms in total. The maximum Gasteiger partial charge on any atom is 0.241 e. The minimum Gasteiger partial charge on any atom is -0.340 e. The number of aryl methyl sites for hydroxylation is 1. The first-order valence-corrected chi connectivity index (χ1v) is 11.6. The summed E-state index contributed by atoms with van der Waals surface area (Å²) in [6, 6.07) is 15.6. The van der Waals surface area contributed by atoms with E-state index in [1.807, 2.05) is 60.4 Å². The van der Waals surface area contributed by atoms with E-state index in [1.54, 1.807) is 0 Å². The molecule has 33 heavy (non-hydrogen) atoms. The molecule has 5 rings (SSSR count). The van der Waals surface area contributed by atoms with E-state index in [4.69, 9.17) is 16.1 Å². The van der Waals surface area contributed by atoms with E-state index >= 15 is 0 Å². The number of hydrazine groups is 1. The molecule has 2 aromatic carbocycles. The van der Waals surface area contributed by atoms with Crippen molar-refractivity contribution in [2.45, 2.75) is 19.5 Å². The van der Waals surface area contributed by atoms with Crippen LogP contribution in [0.15, 0.2) is 53.1 Å². The van der Waals surface area contributed by atoms with Gasteiger partial charge < -0.3 is 9.42 Å². The number of nitrogens with one attached hydrogen (secondary N) is 2. The van der Waals surface area contributed by atoms with Crippen molar-refractivity contribution in [3.05, 3.63) is 70.6 Å². The van der Waals surface area contributed by atoms with E-state index in [0.29, 0.717) is 42.9 Å². The van der Waals surface area contributed by atoms with Gasteiger partial charge in [-0.2, -0.15) is 4.98 Å². The number of hydrogen-bond donors (Lipinski definition) is 2. The third-order valence-electron chi connectivity index (χ3n) is 6.43. The number of carbonyl (C=O) groups is 1. The van der Waals surface area contributed by atoms with Gasteiger partial charge in [-0.3, -0.25) is 15.1 Å². The predicted molar refractivity (Wildman–Crippen MR) is 125 cm³/mol. The van der Waals surface area contributed by atoms with Crippen LogP contribution in [0.2, 0.25) is 5.02 Å². The fourth-order valence-corrected chi connectivity index (χ4v) is 4.64. The van der Waals surface area contributed by atoms with Crippen molar-refractivity contribution in [2.75, 3.05) is 32.7 Å². The molecule has 2 aliphatic heterocycles. The van der Waals surface area contributed by atoms with Crippen LogP contribution in [0.3, 0.4) is 0 Å². The number of halogens is 1. The first kappa shape index (κ1) is 22.0. The van der Waals surface area contributed by atoms with E-state index in [1.165, 1.54) is 0 Å². The van der Waals surface area contributed by atoms with Gasteiger partial charge in [0.25, 0.3) is 0 Å². The number of nitrogens with zero attached hydrogens (tertiary/aromatic N) is 4. The fraction of sp³-hybridized carbons (Fsp3) is 0.375. The standard InChI is InChI=1S/C24H27ClN6O2/c1-16-4-2-3-5-19(16)23-27-21(33-29-23)15-30-10-12-31(13-11-30)24(32)20-14-26-28-22(20)17-6-8-18(25)9-7-17/h2-9,20,22,26,28H,10-15H2,1H3. The monoisotopic (exact) mass is 466 g/mol. The molecule has 0 aliphatic carbocycles. The van der Waals surface area contributed by atoms with Gasteiger partial charge in [-0.15, -0.1) is 0 Å². The van der Waals surface area contributed by atoms with Gasteiger partial charge in [0, 0.05) is 43.3 Å². The van der Waals surface area contributed by atoms with Gasteiger partial charge in [0.05, 0.1) is 18.5 Å². The van der Waals surface area contributed by atoms with E-state index in [2.05, 4.69) is 25.9 Å². The zero-order valence-electron chi connectivity index (χ0n) is 18.5. The summed E-state index contributed by atoms with van der Waals surface area (Å²) in [6.45, 7) is 6.13. The molecule has 3 aromatic rings. The van der Waals surface area contributed by atoms with E-state index in [-0.39, 0.29) is 17.9 Å². The molecule has 0 saturated carbocycles. The Morgan fingerprint density at radius 3 is 2.64 bits per heavy atom. The van der Waals surface area contributed by atoms with Crippen LogP contribution in [0.5, 0.6) is 0 Å². The molecule has 0 radical (unpaired) electrons. The highest BCUT2D eigenvalue weighted by Crippen LogP contribution is 2.28. The number of amides is 1. The van der Waals surface area contributed by atoms with Gasteiger partial charge in [-0.25, -0.2) is 5.43 Å². The zero-order valence-corrected chi connectivity index (χ0v) is 19.3. The average Bonchev–Trinajstić information content (AvgIpc) is 3.50. The van der Waals surface area contributed by atoms with Crippen molar-refractivity contribution in [1.82, 2.24) is 30.8 Å². The van der Waals surface area contributed by atoms with Crippen molar-refractivity contribution in [3.63, 3.8) is 0 Å². The topological polar surface area (TPSA) is 86.5 Å². The van der Waals surface area contributed by atoms with Crippen molar-refractivity contribution < 1.29 is 9.32 Å². The third kappa shape index (κ3) is 4.79. The third-order valence-corrected chi connectivity index (χ3v) is 6.68. The molecule has 9 heteroatoms. The number of rotatable bonds is 5. The summed E-state index contributed by atoms with van der Waals surface area (Å²) in [7, 11) is 0. The quantitative estimate of drug-likeness (QED) is 0.598. The molecule has 172 valence electrons. The molecule has 2 fully saturated rings. The largest absolute Gasteiger partial charge is 0.340 e. The van der Waals surface area contributed by atoms with Crippen LogP contribution in [0.25, 0.3) is 11.4 Å². The number of piperazine rings is 1. The van der Waals surface area contributed by atoms with Gasteiger partial charge >= 0.3 is 0 Å². The van der Waals surface area contributed by atoms with Gasteiger partial charge in [0.2, 0.25) is 17.6 Å². The maximum absolute atomic E-state index is 13.3. The second-order valence-corrected chi connectivity index (χ2v) is 9.03. The van der Waals surface area contributed by atoms with Gasteiger partial charge in [-0.1, -0.05) is 53.2 Å². The molecular weight excluding hydrogens is 440 g/mol. The van der Waals surface area contributed by atoms with Crippen molar-refractivity contribution in [2.24, 2.45) is 5.92 Å². The van der Waals surface area contributed by atoms with Gasteiger partial charge in [0.15, 0.2) is 0 Å². The second kappa shape index (κ2) is 9.61. The van der Waals surface area contributed by atoms with Crippen molar-refractivity contribution in [1.29, 1.82) is 0 Å². The van der Waals surface area contributed by atoms with E-state index < -0.39 is 0 Å². The molecule has 1 amide bonds. The van der Waals surface area contributed by atoms with Crippen LogP contribution in [0, 0.1) is 12.8 Å². The lowest BCUT2D eigenvalue weighted by atomic mass is 9.93. The summed E-state index contributed by atoms with van der Waals surface area (Å²) < 4.78 is 5.49. The summed E-state index contributed by atoms with van der Waals surface area (Å²) >= 11 is 6.02. The van der Waals surface area contributed by atoms with E-state index in [9.17, 15) is 4.79 Å². The lowest BCUT2D eigenvalue weighted by molar-refractivity contribution is -0.137. The molecule has 2 saturated heterocycles. The fourth-order valence-electron chi connectivity index (χ4n) is 4.52. The Bertz CT molecular complexity index is 1110. The van der Waals surface area contributed by atoms with Crippen LogP contribution in [-0.4, -0.2) is 58.6 Å². The molecule has 2 atom stereocenters. The number of carbonyl (C=O) groups excluding carboxylic acids is 1. The van der Waals surface area contributed by atoms with Gasteiger partial charge in [-0.05, 0) is 30.2 Å². The Labute approximate surface area is 197 Å². The Morgan fingerprint density at radius 2 is 1.88 bits per heavy atom. The van der Waals surface area contributed by atoms with Crippen molar-refractivity contribution >= 4 is 17.5 Å². The number of benzene rings is 2. The highest BCUT2D eigenvalue weighted by molar-refractivity contribution is 6.30. The number of hydrogen-bond acceptors (Lipinski definition) is 7. The smallest absolute Gasteiger partial charge is 0.241 e. The Balaban J connectivity index is 1.17. The minimum absolute atomic E-state index is 0.0638. The Hall–Kier alpha value is -2.78. The molecule has 2 unspecified atom stereocenters. The van der Waals surface area contributed by atoms with Crippen LogP contribution in [-0.2, 0) is 11.3 Å². The SMILES string of the molecule is Cc1ccccc1-c1noc(CN2CCN(C(=O)C3CNNC3c3ccc(Cl)cc3)CC2)n1. The van der Waals surface area contributed by atoms with Crippen LogP contribution in [0.1, 0.15) is 23.1 Å². The molecule has 0 spiro atoms. The van der Waals surface area contributed by atoms with E-state index in [0.717, 1.165) is 29.8 Å². The molecule has 2 aliphatic rings. The molecule has 2 N–H and O–H groups in total. The predicted octanol–water partition coefficient (Wildman–Crippen LogP) is 2.81. The Morgan fingerprint density at radius 1 is 1.12 bits per heavy atom. The number of aromatic nitrogens is 2.